The van der Waals surface area contributed by atoms with Gasteiger partial charge in [0.2, 0.25) is 18.0 Å². The fourth-order valence-corrected chi connectivity index (χ4v) is 6.73. The second kappa shape index (κ2) is 10.3. The molecule has 0 unspecified atom stereocenters. The fourth-order valence-electron chi connectivity index (χ4n) is 5.65. The summed E-state index contributed by atoms with van der Waals surface area (Å²) in [6, 6.07) is 13.8. The highest BCUT2D eigenvalue weighted by atomic mass is 32.2. The van der Waals surface area contributed by atoms with Gasteiger partial charge in [-0.05, 0) is 54.2 Å². The van der Waals surface area contributed by atoms with E-state index in [1.54, 1.807) is 33.6 Å². The predicted octanol–water partition coefficient (Wildman–Crippen LogP) is 4.41. The molecule has 0 aliphatic carbocycles. The maximum Gasteiger partial charge on any atom is 0.510 e. The second-order valence-corrected chi connectivity index (χ2v) is 10.5. The third kappa shape index (κ3) is 4.40. The van der Waals surface area contributed by atoms with E-state index < -0.39 is 18.4 Å². The van der Waals surface area contributed by atoms with Crippen molar-refractivity contribution in [3.8, 4) is 5.75 Å². The Morgan fingerprint density at radius 1 is 1.10 bits per heavy atom. The highest BCUT2D eigenvalue weighted by Gasteiger charge is 2.45. The van der Waals surface area contributed by atoms with E-state index in [1.807, 2.05) is 24.3 Å². The highest BCUT2D eigenvalue weighted by molar-refractivity contribution is 7.98. The number of benzene rings is 2. The Morgan fingerprint density at radius 2 is 1.95 bits per heavy atom. The summed E-state index contributed by atoms with van der Waals surface area (Å²) in [5.74, 6) is -0.260. The molecular weight excluding hydrogens is 525 g/mol. The van der Waals surface area contributed by atoms with Crippen molar-refractivity contribution in [2.24, 2.45) is 0 Å². The maximum absolute atomic E-state index is 14.4. The van der Waals surface area contributed by atoms with Gasteiger partial charge in [0, 0.05) is 29.5 Å². The van der Waals surface area contributed by atoms with E-state index in [9.17, 15) is 18.8 Å². The first kappa shape index (κ1) is 25.3. The molecule has 1 saturated heterocycles. The fraction of sp³-hybridized carbons (Fsp3) is 0.321. The highest BCUT2D eigenvalue weighted by Crippen LogP contribution is 2.45. The summed E-state index contributed by atoms with van der Waals surface area (Å²) >= 11 is 1.64. The van der Waals surface area contributed by atoms with E-state index in [4.69, 9.17) is 9.47 Å². The van der Waals surface area contributed by atoms with E-state index in [0.717, 1.165) is 48.0 Å². The van der Waals surface area contributed by atoms with Crippen molar-refractivity contribution in [2.75, 3.05) is 25.5 Å². The molecule has 3 aliphatic heterocycles. The average Bonchev–Trinajstić information content (AvgIpc) is 3.11. The number of hydrogen-bond donors (Lipinski definition) is 0. The number of fused-ring (bicyclic) bond motifs is 4. The third-order valence-corrected chi connectivity index (χ3v) is 8.47. The number of methoxy groups -OCH3 is 1. The average molecular weight is 552 g/mol. The number of carbonyl (C=O) groups excluding carboxylic acids is 2. The van der Waals surface area contributed by atoms with Crippen LogP contribution in [0.25, 0.3) is 0 Å². The van der Waals surface area contributed by atoms with Gasteiger partial charge in [0.05, 0.1) is 13.2 Å². The van der Waals surface area contributed by atoms with Crippen LogP contribution >= 0.6 is 11.8 Å². The van der Waals surface area contributed by atoms with E-state index in [1.165, 1.54) is 12.1 Å². The quantitative estimate of drug-likeness (QED) is 0.348. The third-order valence-electron chi connectivity index (χ3n) is 7.33. The number of aromatic nitrogens is 1. The summed E-state index contributed by atoms with van der Waals surface area (Å²) < 4.78 is 31.0. The van der Waals surface area contributed by atoms with Crippen molar-refractivity contribution < 1.29 is 28.2 Å². The van der Waals surface area contributed by atoms with Crippen molar-refractivity contribution in [3.05, 3.63) is 93.2 Å². The normalized spacial score (nSPS) is 19.7. The zero-order valence-electron chi connectivity index (χ0n) is 21.2. The number of piperidine rings is 1. The number of pyridine rings is 1. The number of ether oxygens (including phenoxy) is 3. The summed E-state index contributed by atoms with van der Waals surface area (Å²) in [6.45, 7) is -0.0821. The molecule has 1 amide bonds. The number of amides is 1. The van der Waals surface area contributed by atoms with Crippen molar-refractivity contribution in [1.82, 2.24) is 9.58 Å². The molecule has 2 atom stereocenters. The largest absolute Gasteiger partial charge is 0.510 e. The number of halogens is 1. The minimum Gasteiger partial charge on any atom is -0.451 e. The van der Waals surface area contributed by atoms with Crippen molar-refractivity contribution >= 4 is 23.8 Å². The number of nitrogens with zero attached hydrogens (tertiary/aromatic N) is 3. The molecule has 1 aromatic heterocycles. The maximum atomic E-state index is 14.4. The van der Waals surface area contributed by atoms with Crippen LogP contribution in [0.3, 0.4) is 0 Å². The van der Waals surface area contributed by atoms with E-state index >= 15 is 0 Å². The molecule has 1 fully saturated rings. The van der Waals surface area contributed by atoms with Crippen LogP contribution in [0.1, 0.15) is 52.5 Å². The van der Waals surface area contributed by atoms with Gasteiger partial charge in [0.25, 0.3) is 5.91 Å². The topological polar surface area (TPSA) is 90.3 Å². The number of hydrogen-bond acceptors (Lipinski definition) is 8. The van der Waals surface area contributed by atoms with Gasteiger partial charge < -0.3 is 19.1 Å². The van der Waals surface area contributed by atoms with E-state index in [0.29, 0.717) is 12.3 Å². The Kier molecular flexibility index (Phi) is 6.68. The SMILES string of the molecule is COC(=O)OCOc1c2n(ccc1=O)N([C@H]1c3ccc(F)cc3CSc3ccccc31)[C@@H]1CCCCN1C2=O. The first-order valence-electron chi connectivity index (χ1n) is 12.7. The van der Waals surface area contributed by atoms with Crippen LogP contribution in [0.2, 0.25) is 0 Å². The number of thioether (sulfide) groups is 1. The standard InChI is InChI=1S/C28H26FN3O6S/c1-36-28(35)38-16-37-26-21(33)11-13-31-25(26)27(34)30-12-5-4-8-23(30)32(31)24-19-10-9-18(29)14-17(19)15-39-22-7-3-2-6-20(22)24/h2-3,6-7,9-11,13-14,23-24H,4-5,8,12,15-16H2,1H3/t23-,24+/m1/s1. The number of rotatable bonds is 4. The summed E-state index contributed by atoms with van der Waals surface area (Å²) in [4.78, 5) is 41.1. The van der Waals surface area contributed by atoms with Gasteiger partial charge in [-0.3, -0.25) is 19.3 Å². The van der Waals surface area contributed by atoms with Crippen LogP contribution < -0.4 is 15.2 Å². The molecule has 6 rings (SSSR count). The summed E-state index contributed by atoms with van der Waals surface area (Å²) in [7, 11) is 1.16. The molecular formula is C28H26FN3O6S. The van der Waals surface area contributed by atoms with Gasteiger partial charge in [-0.25, -0.2) is 9.18 Å². The minimum atomic E-state index is -0.972. The number of carbonyl (C=O) groups is 2. The van der Waals surface area contributed by atoms with Crippen molar-refractivity contribution in [2.45, 2.75) is 42.1 Å². The first-order valence-corrected chi connectivity index (χ1v) is 13.7. The van der Waals surface area contributed by atoms with Crippen LogP contribution in [0.15, 0.2) is 64.4 Å². The molecule has 9 nitrogen and oxygen atoms in total. The van der Waals surface area contributed by atoms with Gasteiger partial charge in [-0.1, -0.05) is 24.3 Å². The van der Waals surface area contributed by atoms with Crippen LogP contribution in [-0.4, -0.2) is 48.3 Å². The molecule has 4 heterocycles. The van der Waals surface area contributed by atoms with Gasteiger partial charge in [-0.15, -0.1) is 11.8 Å². The molecule has 0 radical (unpaired) electrons. The summed E-state index contributed by atoms with van der Waals surface area (Å²) in [5, 5.41) is 2.10. The molecule has 0 spiro atoms. The Hall–Kier alpha value is -3.99. The molecule has 3 aliphatic rings. The summed E-state index contributed by atoms with van der Waals surface area (Å²) in [6.07, 6.45) is 2.78. The van der Waals surface area contributed by atoms with Gasteiger partial charge in [0.15, 0.2) is 5.69 Å². The molecule has 2 aromatic carbocycles. The van der Waals surface area contributed by atoms with Crippen molar-refractivity contribution in [3.63, 3.8) is 0 Å². The zero-order valence-corrected chi connectivity index (χ0v) is 22.0. The lowest BCUT2D eigenvalue weighted by molar-refractivity contribution is 0.0126. The van der Waals surface area contributed by atoms with Gasteiger partial charge >= 0.3 is 6.16 Å². The van der Waals surface area contributed by atoms with Crippen LogP contribution in [-0.2, 0) is 15.2 Å². The lowest BCUT2D eigenvalue weighted by Crippen LogP contribution is -2.63. The molecule has 0 N–H and O–H groups in total. The Morgan fingerprint density at radius 3 is 2.79 bits per heavy atom. The van der Waals surface area contributed by atoms with Crippen LogP contribution in [0.4, 0.5) is 9.18 Å². The molecule has 0 saturated carbocycles. The molecule has 0 bridgehead atoms. The monoisotopic (exact) mass is 551 g/mol. The minimum absolute atomic E-state index is 0.0483. The second-order valence-electron chi connectivity index (χ2n) is 9.49. The summed E-state index contributed by atoms with van der Waals surface area (Å²) in [5.41, 5.74) is 2.35. The Balaban J connectivity index is 1.56. The Bertz CT molecular complexity index is 1510. The van der Waals surface area contributed by atoms with Crippen molar-refractivity contribution in [1.29, 1.82) is 0 Å². The smallest absolute Gasteiger partial charge is 0.451 e. The Labute approximate surface area is 228 Å². The predicted molar refractivity (Wildman–Crippen MR) is 141 cm³/mol. The lowest BCUT2D eigenvalue weighted by Gasteiger charge is -2.52. The zero-order chi connectivity index (χ0) is 27.1. The van der Waals surface area contributed by atoms with Gasteiger partial charge in [0.1, 0.15) is 12.0 Å². The molecule has 3 aromatic rings. The molecule has 11 heteroatoms. The molecule has 39 heavy (non-hydrogen) atoms. The van der Waals surface area contributed by atoms with Crippen LogP contribution in [0, 0.1) is 5.82 Å². The molecule has 202 valence electrons. The van der Waals surface area contributed by atoms with E-state index in [2.05, 4.69) is 15.8 Å². The van der Waals surface area contributed by atoms with Crippen LogP contribution in [0.5, 0.6) is 5.75 Å². The lowest BCUT2D eigenvalue weighted by atomic mass is 9.92. The van der Waals surface area contributed by atoms with E-state index in [-0.39, 0.29) is 35.4 Å². The first-order chi connectivity index (χ1) is 19.0. The van der Waals surface area contributed by atoms with Gasteiger partial charge in [-0.2, -0.15) is 0 Å².